The summed E-state index contributed by atoms with van der Waals surface area (Å²) >= 11 is 0. The third-order valence-electron chi connectivity index (χ3n) is 3.42. The molecule has 0 saturated carbocycles. The number of rotatable bonds is 6. The van der Waals surface area contributed by atoms with Gasteiger partial charge in [-0.25, -0.2) is 0 Å². The number of nitrogens with zero attached hydrogens (tertiary/aromatic N) is 3. The molecule has 0 spiro atoms. The molecule has 2 N–H and O–H groups in total. The molecule has 0 aliphatic carbocycles. The lowest BCUT2D eigenvalue weighted by Gasteiger charge is -2.06. The fraction of sp³-hybridized carbons (Fsp3) is 0.111. The van der Waals surface area contributed by atoms with Crippen molar-refractivity contribution in [3.8, 4) is 0 Å². The van der Waals surface area contributed by atoms with E-state index in [9.17, 15) is 4.79 Å². The van der Waals surface area contributed by atoms with Crippen LogP contribution in [0.15, 0.2) is 67.0 Å². The monoisotopic (exact) mass is 319 g/mol. The highest BCUT2D eigenvalue weighted by molar-refractivity contribution is 5.92. The Kier molecular flexibility index (Phi) is 5.09. The Morgan fingerprint density at radius 3 is 2.29 bits per heavy atom. The van der Waals surface area contributed by atoms with E-state index in [-0.39, 0.29) is 5.91 Å². The van der Waals surface area contributed by atoms with Gasteiger partial charge in [-0.05, 0) is 35.4 Å². The second kappa shape index (κ2) is 7.82. The van der Waals surface area contributed by atoms with E-state index in [2.05, 4.69) is 25.8 Å². The summed E-state index contributed by atoms with van der Waals surface area (Å²) in [7, 11) is 0. The highest BCUT2D eigenvalue weighted by Gasteiger charge is 2.07. The molecule has 0 bridgehead atoms. The van der Waals surface area contributed by atoms with Crippen molar-refractivity contribution in [1.82, 2.24) is 20.5 Å². The normalized spacial score (nSPS) is 10.2. The van der Waals surface area contributed by atoms with Crippen molar-refractivity contribution in [2.75, 3.05) is 5.32 Å². The third-order valence-corrected chi connectivity index (χ3v) is 3.42. The van der Waals surface area contributed by atoms with Gasteiger partial charge in [-0.15, -0.1) is 10.2 Å². The molecule has 0 atom stereocenters. The molecule has 0 saturated heterocycles. The summed E-state index contributed by atoms with van der Waals surface area (Å²) in [5.74, 6) is 0.374. The summed E-state index contributed by atoms with van der Waals surface area (Å²) in [6.45, 7) is 1.08. The lowest BCUT2D eigenvalue weighted by molar-refractivity contribution is 0.0945. The van der Waals surface area contributed by atoms with E-state index in [1.807, 2.05) is 42.5 Å². The van der Waals surface area contributed by atoms with E-state index < -0.39 is 0 Å². The minimum absolute atomic E-state index is 0.243. The quantitative estimate of drug-likeness (QED) is 0.729. The molecule has 2 aromatic heterocycles. The molecule has 0 aliphatic rings. The van der Waals surface area contributed by atoms with Gasteiger partial charge in [-0.1, -0.05) is 30.3 Å². The number of aromatic nitrogens is 3. The van der Waals surface area contributed by atoms with Gasteiger partial charge in [0.05, 0.1) is 0 Å². The molecule has 2 heterocycles. The number of amides is 1. The smallest absolute Gasteiger partial charge is 0.272 e. The fourth-order valence-electron chi connectivity index (χ4n) is 2.11. The van der Waals surface area contributed by atoms with Crippen LogP contribution >= 0.6 is 0 Å². The van der Waals surface area contributed by atoms with Crippen LogP contribution in [0.4, 0.5) is 5.82 Å². The molecule has 3 rings (SSSR count). The van der Waals surface area contributed by atoms with Gasteiger partial charge < -0.3 is 10.6 Å². The molecule has 1 amide bonds. The zero-order valence-corrected chi connectivity index (χ0v) is 13.0. The molecule has 0 aliphatic heterocycles. The highest BCUT2D eigenvalue weighted by Crippen LogP contribution is 2.06. The van der Waals surface area contributed by atoms with Crippen LogP contribution in [0.2, 0.25) is 0 Å². The van der Waals surface area contributed by atoms with E-state index in [0.29, 0.717) is 24.6 Å². The van der Waals surface area contributed by atoms with E-state index in [0.717, 1.165) is 11.1 Å². The van der Waals surface area contributed by atoms with E-state index in [1.165, 1.54) is 0 Å². The van der Waals surface area contributed by atoms with Gasteiger partial charge in [0.15, 0.2) is 5.69 Å². The molecule has 0 radical (unpaired) electrons. The highest BCUT2D eigenvalue weighted by atomic mass is 16.1. The van der Waals surface area contributed by atoms with Crippen molar-refractivity contribution < 1.29 is 4.79 Å². The Bertz CT molecular complexity index is 776. The van der Waals surface area contributed by atoms with Crippen LogP contribution in [-0.2, 0) is 13.1 Å². The average Bonchev–Trinajstić information content (AvgIpc) is 2.66. The van der Waals surface area contributed by atoms with Crippen molar-refractivity contribution >= 4 is 11.7 Å². The predicted octanol–water partition coefficient (Wildman–Crippen LogP) is 2.41. The summed E-state index contributed by atoms with van der Waals surface area (Å²) in [6.07, 6.45) is 3.48. The second-order valence-corrected chi connectivity index (χ2v) is 5.18. The molecule has 0 unspecified atom stereocenters. The zero-order chi connectivity index (χ0) is 16.6. The van der Waals surface area contributed by atoms with E-state index in [4.69, 9.17) is 0 Å². The van der Waals surface area contributed by atoms with Crippen LogP contribution in [0.3, 0.4) is 0 Å². The van der Waals surface area contributed by atoms with Gasteiger partial charge in [-0.3, -0.25) is 9.78 Å². The van der Waals surface area contributed by atoms with Crippen LogP contribution in [0, 0.1) is 0 Å². The van der Waals surface area contributed by atoms with Crippen molar-refractivity contribution in [2.24, 2.45) is 0 Å². The molecule has 3 aromatic rings. The molecule has 24 heavy (non-hydrogen) atoms. The van der Waals surface area contributed by atoms with Crippen LogP contribution in [-0.4, -0.2) is 21.1 Å². The summed E-state index contributed by atoms with van der Waals surface area (Å²) in [6, 6.07) is 17.0. The van der Waals surface area contributed by atoms with E-state index >= 15 is 0 Å². The second-order valence-electron chi connectivity index (χ2n) is 5.18. The number of carbonyl (C=O) groups excluding carboxylic acids is 1. The lowest BCUT2D eigenvalue weighted by Crippen LogP contribution is -2.24. The maximum atomic E-state index is 12.1. The van der Waals surface area contributed by atoms with Crippen LogP contribution in [0.25, 0.3) is 0 Å². The van der Waals surface area contributed by atoms with Crippen molar-refractivity contribution in [2.45, 2.75) is 13.1 Å². The van der Waals surface area contributed by atoms with Gasteiger partial charge in [0.2, 0.25) is 0 Å². The molecule has 120 valence electrons. The van der Waals surface area contributed by atoms with E-state index in [1.54, 1.807) is 24.5 Å². The Hall–Kier alpha value is -3.28. The summed E-state index contributed by atoms with van der Waals surface area (Å²) < 4.78 is 0. The van der Waals surface area contributed by atoms with Crippen LogP contribution in [0.5, 0.6) is 0 Å². The maximum Gasteiger partial charge on any atom is 0.272 e. The van der Waals surface area contributed by atoms with Gasteiger partial charge in [0, 0.05) is 25.5 Å². The number of hydrogen-bond acceptors (Lipinski definition) is 5. The Morgan fingerprint density at radius 2 is 1.58 bits per heavy atom. The van der Waals surface area contributed by atoms with Crippen molar-refractivity contribution in [3.05, 3.63) is 83.8 Å². The number of carbonyl (C=O) groups is 1. The molecule has 6 nitrogen and oxygen atoms in total. The summed E-state index contributed by atoms with van der Waals surface area (Å²) in [5.41, 5.74) is 2.42. The van der Waals surface area contributed by atoms with Gasteiger partial charge in [0.25, 0.3) is 5.91 Å². The number of hydrogen-bond donors (Lipinski definition) is 2. The molecular formula is C18H17N5O. The first-order chi connectivity index (χ1) is 11.8. The minimum atomic E-state index is -0.243. The fourth-order valence-corrected chi connectivity index (χ4v) is 2.11. The number of anilines is 1. The summed E-state index contributed by atoms with van der Waals surface area (Å²) in [5, 5.41) is 14.0. The average molecular weight is 319 g/mol. The zero-order valence-electron chi connectivity index (χ0n) is 13.0. The van der Waals surface area contributed by atoms with Crippen molar-refractivity contribution in [1.29, 1.82) is 0 Å². The number of nitrogens with one attached hydrogen (secondary N) is 2. The number of benzene rings is 1. The predicted molar refractivity (Wildman–Crippen MR) is 91.2 cm³/mol. The first-order valence-electron chi connectivity index (χ1n) is 7.60. The molecular weight excluding hydrogens is 302 g/mol. The Labute approximate surface area is 140 Å². The topological polar surface area (TPSA) is 79.8 Å². The Balaban J connectivity index is 1.53. The summed E-state index contributed by atoms with van der Waals surface area (Å²) in [4.78, 5) is 16.0. The first-order valence-corrected chi connectivity index (χ1v) is 7.60. The van der Waals surface area contributed by atoms with Gasteiger partial charge in [0.1, 0.15) is 5.82 Å². The first kappa shape index (κ1) is 15.6. The molecule has 0 fully saturated rings. The van der Waals surface area contributed by atoms with Crippen molar-refractivity contribution in [3.63, 3.8) is 0 Å². The van der Waals surface area contributed by atoms with Crippen LogP contribution < -0.4 is 10.6 Å². The maximum absolute atomic E-state index is 12.1. The minimum Gasteiger partial charge on any atom is -0.365 e. The van der Waals surface area contributed by atoms with Gasteiger partial charge >= 0.3 is 0 Å². The van der Waals surface area contributed by atoms with Gasteiger partial charge in [-0.2, -0.15) is 0 Å². The number of pyridine rings is 1. The third kappa shape index (κ3) is 4.36. The SMILES string of the molecule is O=C(NCc1ccccc1)c1ccc(NCc2ccncc2)nn1. The van der Waals surface area contributed by atoms with Crippen LogP contribution in [0.1, 0.15) is 21.6 Å². The lowest BCUT2D eigenvalue weighted by atomic mass is 10.2. The molecule has 1 aromatic carbocycles. The standard InChI is InChI=1S/C18H17N5O/c24-18(21-13-14-4-2-1-3-5-14)16-6-7-17(23-22-16)20-12-15-8-10-19-11-9-15/h1-11H,12-13H2,(H,20,23)(H,21,24). The Morgan fingerprint density at radius 1 is 0.833 bits per heavy atom. The molecule has 6 heteroatoms. The largest absolute Gasteiger partial charge is 0.365 e.